The molecule has 1 heterocycles. The van der Waals surface area contributed by atoms with Crippen molar-refractivity contribution in [2.45, 2.75) is 51.2 Å². The molecule has 1 aliphatic rings. The van der Waals surface area contributed by atoms with Gasteiger partial charge in [0.15, 0.2) is 6.29 Å². The van der Waals surface area contributed by atoms with E-state index in [0.717, 1.165) is 64.0 Å². The molecule has 0 aromatic heterocycles. The number of amides is 1. The summed E-state index contributed by atoms with van der Waals surface area (Å²) in [6.07, 6.45) is 10.9. The highest BCUT2D eigenvalue weighted by atomic mass is 35.5. The number of rotatable bonds is 20. The molecule has 0 saturated carbocycles. The van der Waals surface area contributed by atoms with Crippen LogP contribution in [0.15, 0.2) is 12.2 Å². The quantitative estimate of drug-likeness (QED) is 0.167. The largest absolute Gasteiger partial charge is 0.447 e. The van der Waals surface area contributed by atoms with E-state index in [1.807, 2.05) is 12.2 Å². The molecule has 1 aliphatic heterocycles. The van der Waals surface area contributed by atoms with E-state index < -0.39 is 6.09 Å². The smallest absolute Gasteiger partial charge is 0.407 e. The van der Waals surface area contributed by atoms with Gasteiger partial charge >= 0.3 is 6.09 Å². The first-order valence-corrected chi connectivity index (χ1v) is 11.9. The van der Waals surface area contributed by atoms with Crippen molar-refractivity contribution >= 4 is 17.7 Å². The zero-order valence-electron chi connectivity index (χ0n) is 18.7. The average molecular weight is 466 g/mol. The molecule has 0 aliphatic carbocycles. The van der Waals surface area contributed by atoms with Crippen molar-refractivity contribution < 1.29 is 33.2 Å². The van der Waals surface area contributed by atoms with E-state index in [4.69, 9.17) is 40.0 Å². The van der Waals surface area contributed by atoms with Crippen LogP contribution in [-0.4, -0.2) is 84.3 Å². The third-order valence-corrected chi connectivity index (χ3v) is 4.69. The van der Waals surface area contributed by atoms with Crippen molar-refractivity contribution in [1.82, 2.24) is 5.32 Å². The fraction of sp³-hybridized carbons (Fsp3) is 0.864. The van der Waals surface area contributed by atoms with E-state index in [-0.39, 0.29) is 12.9 Å². The van der Waals surface area contributed by atoms with Crippen molar-refractivity contribution in [2.24, 2.45) is 0 Å². The number of hydrogen-bond acceptors (Lipinski definition) is 7. The summed E-state index contributed by atoms with van der Waals surface area (Å²) in [4.78, 5) is 11.5. The minimum absolute atomic E-state index is 0.0774. The highest BCUT2D eigenvalue weighted by Crippen LogP contribution is 2.13. The molecule has 0 bridgehead atoms. The fourth-order valence-corrected chi connectivity index (χ4v) is 2.93. The van der Waals surface area contributed by atoms with Gasteiger partial charge in [0.1, 0.15) is 6.61 Å². The highest BCUT2D eigenvalue weighted by molar-refractivity contribution is 6.17. The first kappa shape index (κ1) is 28.1. The predicted octanol–water partition coefficient (Wildman–Crippen LogP) is 3.66. The third kappa shape index (κ3) is 19.5. The fourth-order valence-electron chi connectivity index (χ4n) is 2.74. The van der Waals surface area contributed by atoms with Crippen LogP contribution in [0.1, 0.15) is 44.9 Å². The Hall–Kier alpha value is -0.900. The van der Waals surface area contributed by atoms with E-state index >= 15 is 0 Å². The number of carbonyl (C=O) groups excluding carboxylic acids is 1. The summed E-state index contributed by atoms with van der Waals surface area (Å²) >= 11 is 5.62. The van der Waals surface area contributed by atoms with Gasteiger partial charge in [0.05, 0.1) is 39.6 Å². The van der Waals surface area contributed by atoms with Crippen LogP contribution in [-0.2, 0) is 28.4 Å². The molecule has 0 radical (unpaired) electrons. The Morgan fingerprint density at radius 1 is 0.903 bits per heavy atom. The molecule has 31 heavy (non-hydrogen) atoms. The average Bonchev–Trinajstić information content (AvgIpc) is 2.79. The van der Waals surface area contributed by atoms with Crippen molar-refractivity contribution in [2.75, 3.05) is 71.9 Å². The lowest BCUT2D eigenvalue weighted by Gasteiger charge is -2.21. The van der Waals surface area contributed by atoms with Gasteiger partial charge in [-0.15, -0.1) is 11.6 Å². The normalized spacial score (nSPS) is 16.6. The van der Waals surface area contributed by atoms with Gasteiger partial charge in [-0.25, -0.2) is 4.79 Å². The molecule has 0 aromatic carbocycles. The lowest BCUT2D eigenvalue weighted by atomic mass is 10.2. The monoisotopic (exact) mass is 465 g/mol. The van der Waals surface area contributed by atoms with Crippen LogP contribution in [0.3, 0.4) is 0 Å². The second-order valence-corrected chi connectivity index (χ2v) is 7.44. The summed E-state index contributed by atoms with van der Waals surface area (Å²) in [7, 11) is 0. The number of carbonyl (C=O) groups is 1. The van der Waals surface area contributed by atoms with Crippen LogP contribution < -0.4 is 5.32 Å². The SMILES string of the molecule is O=C(NCCOCCOCCCCCCCl)OCCOC/C=C/COC1CCCCO1. The molecular weight excluding hydrogens is 426 g/mol. The number of nitrogens with one attached hydrogen (secondary N) is 1. The molecule has 0 aromatic rings. The first-order chi connectivity index (χ1) is 15.3. The summed E-state index contributed by atoms with van der Waals surface area (Å²) in [6, 6.07) is 0. The van der Waals surface area contributed by atoms with E-state index in [0.29, 0.717) is 46.2 Å². The van der Waals surface area contributed by atoms with Crippen LogP contribution in [0, 0.1) is 0 Å². The van der Waals surface area contributed by atoms with Gasteiger partial charge in [0, 0.05) is 25.6 Å². The minimum atomic E-state index is -0.475. The standard InChI is InChI=1S/C22H40ClNO7/c23-10-4-1-2-5-12-26-17-18-28-16-11-24-22(25)31-20-19-27-13-7-8-15-30-21-9-3-6-14-29-21/h7-8,21H,1-6,9-20H2,(H,24,25)/b8-7+. The molecule has 1 rings (SSSR count). The molecular formula is C22H40ClNO7. The molecule has 1 unspecified atom stereocenters. The Morgan fingerprint density at radius 2 is 1.68 bits per heavy atom. The molecule has 182 valence electrons. The minimum Gasteiger partial charge on any atom is -0.447 e. The summed E-state index contributed by atoms with van der Waals surface area (Å²) in [5, 5.41) is 2.63. The van der Waals surface area contributed by atoms with Crippen LogP contribution in [0.25, 0.3) is 0 Å². The number of ether oxygens (including phenoxy) is 6. The first-order valence-electron chi connectivity index (χ1n) is 11.4. The van der Waals surface area contributed by atoms with E-state index in [1.165, 1.54) is 0 Å². The Bertz CT molecular complexity index is 434. The highest BCUT2D eigenvalue weighted by Gasteiger charge is 2.12. The van der Waals surface area contributed by atoms with Gasteiger partial charge in [-0.05, 0) is 32.1 Å². The van der Waals surface area contributed by atoms with Gasteiger partial charge in [-0.3, -0.25) is 0 Å². The Labute approximate surface area is 191 Å². The maximum Gasteiger partial charge on any atom is 0.407 e. The van der Waals surface area contributed by atoms with Crippen molar-refractivity contribution in [3.63, 3.8) is 0 Å². The van der Waals surface area contributed by atoms with Crippen molar-refractivity contribution in [1.29, 1.82) is 0 Å². The lowest BCUT2D eigenvalue weighted by molar-refractivity contribution is -0.155. The second kappa shape index (κ2) is 22.3. The topological polar surface area (TPSA) is 84.5 Å². The Balaban J connectivity index is 1.75. The Kier molecular flexibility index (Phi) is 20.2. The Morgan fingerprint density at radius 3 is 2.48 bits per heavy atom. The number of hydrogen-bond donors (Lipinski definition) is 1. The predicted molar refractivity (Wildman–Crippen MR) is 120 cm³/mol. The van der Waals surface area contributed by atoms with Gasteiger partial charge in [0.25, 0.3) is 0 Å². The summed E-state index contributed by atoms with van der Waals surface area (Å²) in [5.41, 5.74) is 0. The zero-order chi connectivity index (χ0) is 22.2. The molecule has 1 amide bonds. The van der Waals surface area contributed by atoms with E-state index in [9.17, 15) is 4.79 Å². The van der Waals surface area contributed by atoms with Crippen molar-refractivity contribution in [3.8, 4) is 0 Å². The van der Waals surface area contributed by atoms with Gasteiger partial charge < -0.3 is 33.7 Å². The molecule has 1 N–H and O–H groups in total. The summed E-state index contributed by atoms with van der Waals surface area (Å²) in [5.74, 6) is 0.731. The maximum atomic E-state index is 11.5. The summed E-state index contributed by atoms with van der Waals surface area (Å²) < 4.78 is 32.3. The van der Waals surface area contributed by atoms with Crippen LogP contribution in [0.4, 0.5) is 4.79 Å². The molecule has 9 heteroatoms. The van der Waals surface area contributed by atoms with E-state index in [2.05, 4.69) is 5.32 Å². The zero-order valence-corrected chi connectivity index (χ0v) is 19.5. The number of unbranched alkanes of at least 4 members (excludes halogenated alkanes) is 3. The van der Waals surface area contributed by atoms with Crippen molar-refractivity contribution in [3.05, 3.63) is 12.2 Å². The van der Waals surface area contributed by atoms with Gasteiger partial charge in [-0.1, -0.05) is 25.0 Å². The van der Waals surface area contributed by atoms with Crippen LogP contribution >= 0.6 is 11.6 Å². The third-order valence-electron chi connectivity index (χ3n) is 4.42. The molecule has 8 nitrogen and oxygen atoms in total. The van der Waals surface area contributed by atoms with Crippen LogP contribution in [0.5, 0.6) is 0 Å². The summed E-state index contributed by atoms with van der Waals surface area (Å²) in [6.45, 7) is 4.91. The number of halogens is 1. The van der Waals surface area contributed by atoms with E-state index in [1.54, 1.807) is 0 Å². The molecule has 1 saturated heterocycles. The molecule has 1 fully saturated rings. The number of alkyl halides is 1. The molecule has 1 atom stereocenters. The number of alkyl carbamates (subject to hydrolysis) is 1. The lowest BCUT2D eigenvalue weighted by Crippen LogP contribution is -2.29. The maximum absolute atomic E-state index is 11.5. The van der Waals surface area contributed by atoms with Crippen LogP contribution in [0.2, 0.25) is 0 Å². The van der Waals surface area contributed by atoms with Gasteiger partial charge in [0.2, 0.25) is 0 Å². The molecule has 0 spiro atoms. The van der Waals surface area contributed by atoms with Gasteiger partial charge in [-0.2, -0.15) is 0 Å². The second-order valence-electron chi connectivity index (χ2n) is 7.07.